The van der Waals surface area contributed by atoms with E-state index >= 15 is 0 Å². The van der Waals surface area contributed by atoms with Crippen LogP contribution in [0.1, 0.15) is 6.42 Å². The highest BCUT2D eigenvalue weighted by Gasteiger charge is 2.35. The summed E-state index contributed by atoms with van der Waals surface area (Å²) in [6.45, 7) is 5.82. The van der Waals surface area contributed by atoms with Gasteiger partial charge in [-0.05, 0) is 0 Å². The van der Waals surface area contributed by atoms with E-state index in [0.29, 0.717) is 12.5 Å². The molecule has 0 radical (unpaired) electrons. The summed E-state index contributed by atoms with van der Waals surface area (Å²) in [7, 11) is 0. The van der Waals surface area contributed by atoms with Gasteiger partial charge >= 0.3 is 0 Å². The molecule has 3 N–H and O–H groups in total. The second kappa shape index (κ2) is 4.28. The van der Waals surface area contributed by atoms with Crippen LogP contribution in [0.25, 0.3) is 0 Å². The number of rotatable bonds is 3. The van der Waals surface area contributed by atoms with Gasteiger partial charge in [-0.2, -0.15) is 0 Å². The second-order valence-corrected chi connectivity index (χ2v) is 4.09. The molecule has 3 heterocycles. The van der Waals surface area contributed by atoms with Crippen LogP contribution in [-0.4, -0.2) is 54.6 Å². The van der Waals surface area contributed by atoms with Crippen molar-refractivity contribution >= 4 is 0 Å². The van der Waals surface area contributed by atoms with E-state index in [4.69, 9.17) is 12.3 Å². The van der Waals surface area contributed by atoms with Gasteiger partial charge in [-0.1, -0.05) is 0 Å². The first-order valence-corrected chi connectivity index (χ1v) is 5.21. The van der Waals surface area contributed by atoms with Crippen LogP contribution in [0.3, 0.4) is 0 Å². The van der Waals surface area contributed by atoms with Gasteiger partial charge in [0.25, 0.3) is 0 Å². The molecular weight excluding hydrogens is 176 g/mol. The maximum Gasteiger partial charge on any atom is 0.0487 e. The summed E-state index contributed by atoms with van der Waals surface area (Å²) in [6.07, 6.45) is 6.05. The molecule has 3 fully saturated rings. The van der Waals surface area contributed by atoms with Gasteiger partial charge in [0.05, 0.1) is 0 Å². The zero-order chi connectivity index (χ0) is 9.97. The van der Waals surface area contributed by atoms with Gasteiger partial charge in [0, 0.05) is 51.2 Å². The molecule has 4 nitrogen and oxygen atoms in total. The average Bonchev–Trinajstić information content (AvgIpc) is 2.27. The van der Waals surface area contributed by atoms with Crippen LogP contribution in [0.4, 0.5) is 0 Å². The molecule has 0 spiro atoms. The Labute approximate surface area is 85.4 Å². The zero-order valence-corrected chi connectivity index (χ0v) is 8.45. The number of piperazine rings is 3. The molecule has 14 heavy (non-hydrogen) atoms. The molecule has 3 rings (SSSR count). The van der Waals surface area contributed by atoms with Crippen molar-refractivity contribution in [2.24, 2.45) is 5.84 Å². The molecule has 0 aromatic carbocycles. The highest BCUT2D eigenvalue weighted by Crippen LogP contribution is 2.19. The Balaban J connectivity index is 1.99. The Morgan fingerprint density at radius 2 is 2.14 bits per heavy atom. The first-order valence-electron chi connectivity index (χ1n) is 5.21. The average molecular weight is 194 g/mol. The molecule has 3 saturated heterocycles. The Kier molecular flexibility index (Phi) is 3.04. The van der Waals surface area contributed by atoms with E-state index in [1.165, 1.54) is 13.1 Å². The zero-order valence-electron chi connectivity index (χ0n) is 8.45. The fourth-order valence-corrected chi connectivity index (χ4v) is 2.47. The molecule has 0 amide bonds. The number of nitrogens with two attached hydrogens (primary N) is 1. The Morgan fingerprint density at radius 1 is 1.43 bits per heavy atom. The van der Waals surface area contributed by atoms with Crippen molar-refractivity contribution in [2.45, 2.75) is 18.5 Å². The van der Waals surface area contributed by atoms with Gasteiger partial charge in [0.2, 0.25) is 0 Å². The van der Waals surface area contributed by atoms with Gasteiger partial charge in [-0.3, -0.25) is 21.1 Å². The lowest BCUT2D eigenvalue weighted by Crippen LogP contribution is -2.66. The third-order valence-corrected chi connectivity index (χ3v) is 3.34. The van der Waals surface area contributed by atoms with E-state index in [0.717, 1.165) is 19.6 Å². The van der Waals surface area contributed by atoms with Crippen LogP contribution in [-0.2, 0) is 0 Å². The maximum atomic E-state index is 5.53. The van der Waals surface area contributed by atoms with Gasteiger partial charge in [-0.15, -0.1) is 12.3 Å². The third-order valence-electron chi connectivity index (χ3n) is 3.34. The molecule has 0 aliphatic carbocycles. The van der Waals surface area contributed by atoms with Gasteiger partial charge in [-0.25, -0.2) is 0 Å². The largest absolute Gasteiger partial charge is 0.299 e. The van der Waals surface area contributed by atoms with Crippen molar-refractivity contribution in [3.8, 4) is 12.3 Å². The Bertz CT molecular complexity index is 227. The minimum absolute atomic E-state index is 0.239. The summed E-state index contributed by atoms with van der Waals surface area (Å²) in [5, 5.41) is 0. The summed E-state index contributed by atoms with van der Waals surface area (Å²) in [5.74, 6) is 8.22. The van der Waals surface area contributed by atoms with E-state index in [1.807, 2.05) is 0 Å². The predicted molar refractivity (Wildman–Crippen MR) is 56.4 cm³/mol. The van der Waals surface area contributed by atoms with Gasteiger partial charge in [0.1, 0.15) is 0 Å². The first kappa shape index (κ1) is 9.94. The number of nitrogens with one attached hydrogen (secondary N) is 1. The van der Waals surface area contributed by atoms with Crippen LogP contribution in [0.5, 0.6) is 0 Å². The minimum atomic E-state index is 0.239. The van der Waals surface area contributed by atoms with E-state index in [-0.39, 0.29) is 6.04 Å². The van der Waals surface area contributed by atoms with Crippen molar-refractivity contribution in [1.82, 2.24) is 15.2 Å². The number of terminal acetylenes is 1. The lowest BCUT2D eigenvalue weighted by atomic mass is 9.98. The molecule has 0 saturated carbocycles. The van der Waals surface area contributed by atoms with Crippen molar-refractivity contribution < 1.29 is 0 Å². The second-order valence-electron chi connectivity index (χ2n) is 4.09. The molecule has 78 valence electrons. The van der Waals surface area contributed by atoms with E-state index in [9.17, 15) is 0 Å². The van der Waals surface area contributed by atoms with Crippen LogP contribution in [0.15, 0.2) is 0 Å². The van der Waals surface area contributed by atoms with E-state index in [2.05, 4.69) is 21.1 Å². The monoisotopic (exact) mass is 194 g/mol. The van der Waals surface area contributed by atoms with E-state index < -0.39 is 0 Å². The van der Waals surface area contributed by atoms with Crippen LogP contribution in [0, 0.1) is 12.3 Å². The van der Waals surface area contributed by atoms with Gasteiger partial charge in [0.15, 0.2) is 0 Å². The number of hydrogen-bond donors (Lipinski definition) is 2. The van der Waals surface area contributed by atoms with Crippen molar-refractivity contribution in [2.75, 3.05) is 32.7 Å². The Hall–Kier alpha value is -0.600. The first-order chi connectivity index (χ1) is 6.85. The smallest absolute Gasteiger partial charge is 0.0487 e. The highest BCUT2D eigenvalue weighted by molar-refractivity contribution is 4.99. The van der Waals surface area contributed by atoms with Crippen LogP contribution in [0.2, 0.25) is 0 Å². The normalized spacial score (nSPS) is 37.9. The standard InChI is InChI=1S/C10H18N4/c1-2-3-9(12-11)10-8-13-4-6-14(10)7-5-13/h1,9-10,12H,3-8,11H2. The molecule has 4 heteroatoms. The molecule has 0 aromatic heterocycles. The number of fused-ring (bicyclic) bond motifs is 3. The summed E-state index contributed by atoms with van der Waals surface area (Å²) in [4.78, 5) is 4.99. The molecule has 2 unspecified atom stereocenters. The fourth-order valence-electron chi connectivity index (χ4n) is 2.47. The van der Waals surface area contributed by atoms with Crippen molar-refractivity contribution in [3.05, 3.63) is 0 Å². The van der Waals surface area contributed by atoms with Gasteiger partial charge < -0.3 is 0 Å². The summed E-state index contributed by atoms with van der Waals surface area (Å²) >= 11 is 0. The third kappa shape index (κ3) is 1.77. The molecule has 3 aliphatic rings. The highest BCUT2D eigenvalue weighted by atomic mass is 15.4. The lowest BCUT2D eigenvalue weighted by Gasteiger charge is -2.49. The minimum Gasteiger partial charge on any atom is -0.299 e. The molecule has 3 aliphatic heterocycles. The predicted octanol–water partition coefficient (Wildman–Crippen LogP) is -1.16. The van der Waals surface area contributed by atoms with Crippen molar-refractivity contribution in [3.63, 3.8) is 0 Å². The SMILES string of the molecule is C#CCC(NN)C1CN2CCN1CC2. The maximum absolute atomic E-state index is 5.53. The molecular formula is C10H18N4. The lowest BCUT2D eigenvalue weighted by molar-refractivity contribution is -0.00243. The van der Waals surface area contributed by atoms with Crippen LogP contribution < -0.4 is 11.3 Å². The quantitative estimate of drug-likeness (QED) is 0.338. The molecule has 0 aromatic rings. The number of hydrazine groups is 1. The van der Waals surface area contributed by atoms with E-state index in [1.54, 1.807) is 0 Å². The number of hydrogen-bond acceptors (Lipinski definition) is 4. The van der Waals surface area contributed by atoms with Crippen LogP contribution >= 0.6 is 0 Å². The number of nitrogens with zero attached hydrogens (tertiary/aromatic N) is 2. The summed E-state index contributed by atoms with van der Waals surface area (Å²) < 4.78 is 0. The summed E-state index contributed by atoms with van der Waals surface area (Å²) in [6, 6.07) is 0.738. The molecule has 2 atom stereocenters. The topological polar surface area (TPSA) is 44.5 Å². The summed E-state index contributed by atoms with van der Waals surface area (Å²) in [5.41, 5.74) is 2.85. The Morgan fingerprint density at radius 3 is 2.57 bits per heavy atom. The molecule has 2 bridgehead atoms. The van der Waals surface area contributed by atoms with Crippen molar-refractivity contribution in [1.29, 1.82) is 0 Å². The fraction of sp³-hybridized carbons (Fsp3) is 0.800.